The molecule has 6 nitrogen and oxygen atoms in total. The van der Waals surface area contributed by atoms with Gasteiger partial charge < -0.3 is 15.0 Å². The van der Waals surface area contributed by atoms with Crippen LogP contribution in [0.3, 0.4) is 0 Å². The Balaban J connectivity index is 2.19. The molecule has 2 heterocycles. The smallest absolute Gasteiger partial charge is 0.327 e. The number of H-pyrrole nitrogens is 1. The summed E-state index contributed by atoms with van der Waals surface area (Å²) in [6.07, 6.45) is 1.55. The van der Waals surface area contributed by atoms with Crippen molar-refractivity contribution in [2.75, 3.05) is 33.2 Å². The molecule has 0 saturated carbocycles. The summed E-state index contributed by atoms with van der Waals surface area (Å²) in [5, 5.41) is 9.38. The third-order valence-corrected chi connectivity index (χ3v) is 3.26. The molecule has 2 rings (SSSR count). The third-order valence-electron chi connectivity index (χ3n) is 3.26. The van der Waals surface area contributed by atoms with Gasteiger partial charge in [-0.25, -0.2) is 4.98 Å². The number of imidazole rings is 1. The highest BCUT2D eigenvalue weighted by Crippen LogP contribution is 2.22. The molecule has 1 fully saturated rings. The number of aliphatic carboxylic acids is 1. The topological polar surface area (TPSA) is 72.5 Å². The molecule has 0 radical (unpaired) electrons. The van der Waals surface area contributed by atoms with Crippen molar-refractivity contribution >= 4 is 5.97 Å². The summed E-state index contributed by atoms with van der Waals surface area (Å²) in [5.41, 5.74) is 1.46. The van der Waals surface area contributed by atoms with Crippen LogP contribution in [0.5, 0.6) is 0 Å². The molecule has 0 amide bonds. The van der Waals surface area contributed by atoms with Crippen LogP contribution < -0.4 is 0 Å². The van der Waals surface area contributed by atoms with E-state index in [-0.39, 0.29) is 0 Å². The molecule has 1 atom stereocenters. The van der Waals surface area contributed by atoms with Crippen LogP contribution in [0.15, 0.2) is 6.33 Å². The van der Waals surface area contributed by atoms with Gasteiger partial charge in [-0.15, -0.1) is 0 Å². The zero-order chi connectivity index (χ0) is 12.4. The van der Waals surface area contributed by atoms with Gasteiger partial charge in [0, 0.05) is 31.9 Å². The van der Waals surface area contributed by atoms with E-state index in [0.29, 0.717) is 5.69 Å². The maximum atomic E-state index is 11.4. The Bertz CT molecular complexity index is 396. The van der Waals surface area contributed by atoms with Crippen LogP contribution in [-0.2, 0) is 4.79 Å². The Hall–Kier alpha value is -1.40. The number of hydrogen-bond acceptors (Lipinski definition) is 4. The molecule has 1 unspecified atom stereocenters. The first-order valence-corrected chi connectivity index (χ1v) is 5.75. The standard InChI is InChI=1S/C11H18N4O2/c1-8-9(13-7-12-8)10(11(16)17)15-5-3-14(2)4-6-15/h7,10H,3-6H2,1-2H3,(H,12,13)(H,16,17). The average molecular weight is 238 g/mol. The van der Waals surface area contributed by atoms with Crippen LogP contribution in [0.2, 0.25) is 0 Å². The highest BCUT2D eigenvalue weighted by Gasteiger charge is 2.32. The minimum absolute atomic E-state index is 0.627. The molecule has 0 bridgehead atoms. The minimum atomic E-state index is -0.829. The molecule has 0 aliphatic carbocycles. The molecular formula is C11H18N4O2. The highest BCUT2D eigenvalue weighted by molar-refractivity contribution is 5.75. The summed E-state index contributed by atoms with van der Waals surface area (Å²) in [4.78, 5) is 22.7. The molecule has 1 aromatic rings. The van der Waals surface area contributed by atoms with Crippen LogP contribution in [0.1, 0.15) is 17.4 Å². The number of aryl methyl sites for hydroxylation is 1. The molecule has 1 saturated heterocycles. The van der Waals surface area contributed by atoms with Crippen LogP contribution in [-0.4, -0.2) is 64.1 Å². The van der Waals surface area contributed by atoms with Gasteiger partial charge in [-0.3, -0.25) is 9.69 Å². The molecular weight excluding hydrogens is 220 g/mol. The van der Waals surface area contributed by atoms with Crippen molar-refractivity contribution in [3.05, 3.63) is 17.7 Å². The van der Waals surface area contributed by atoms with Gasteiger partial charge in [0.25, 0.3) is 0 Å². The number of hydrogen-bond donors (Lipinski definition) is 2. The lowest BCUT2D eigenvalue weighted by Gasteiger charge is -2.35. The van der Waals surface area contributed by atoms with Crippen LogP contribution >= 0.6 is 0 Å². The lowest BCUT2D eigenvalue weighted by atomic mass is 10.1. The maximum absolute atomic E-state index is 11.4. The van der Waals surface area contributed by atoms with Crippen molar-refractivity contribution in [1.82, 2.24) is 19.8 Å². The Morgan fingerprint density at radius 1 is 1.47 bits per heavy atom. The summed E-state index contributed by atoms with van der Waals surface area (Å²) in [5.74, 6) is -0.829. The number of carboxylic acid groups (broad SMARTS) is 1. The summed E-state index contributed by atoms with van der Waals surface area (Å²) >= 11 is 0. The quantitative estimate of drug-likeness (QED) is 0.781. The fourth-order valence-electron chi connectivity index (χ4n) is 2.17. The van der Waals surface area contributed by atoms with Gasteiger partial charge in [0.05, 0.1) is 12.0 Å². The number of rotatable bonds is 3. The Morgan fingerprint density at radius 2 is 2.12 bits per heavy atom. The summed E-state index contributed by atoms with van der Waals surface area (Å²) in [6.45, 7) is 5.17. The molecule has 1 aromatic heterocycles. The third kappa shape index (κ3) is 2.48. The van der Waals surface area contributed by atoms with Gasteiger partial charge in [-0.1, -0.05) is 0 Å². The highest BCUT2D eigenvalue weighted by atomic mass is 16.4. The predicted octanol–water partition coefficient (Wildman–Crippen LogP) is 0.0912. The predicted molar refractivity (Wildman–Crippen MR) is 62.8 cm³/mol. The number of carbonyl (C=O) groups is 1. The zero-order valence-electron chi connectivity index (χ0n) is 10.2. The molecule has 17 heavy (non-hydrogen) atoms. The van der Waals surface area contributed by atoms with E-state index in [4.69, 9.17) is 0 Å². The monoisotopic (exact) mass is 238 g/mol. The van der Waals surface area contributed by atoms with Crippen LogP contribution in [0.25, 0.3) is 0 Å². The first-order valence-electron chi connectivity index (χ1n) is 5.75. The van der Waals surface area contributed by atoms with Crippen molar-refractivity contribution in [2.24, 2.45) is 0 Å². The van der Waals surface area contributed by atoms with Crippen molar-refractivity contribution in [2.45, 2.75) is 13.0 Å². The van der Waals surface area contributed by atoms with E-state index in [0.717, 1.165) is 31.9 Å². The SMILES string of the molecule is Cc1[nH]cnc1C(C(=O)O)N1CCN(C)CC1. The molecule has 94 valence electrons. The second kappa shape index (κ2) is 4.85. The largest absolute Gasteiger partial charge is 0.480 e. The van der Waals surface area contributed by atoms with E-state index in [2.05, 4.69) is 14.9 Å². The fourth-order valence-corrected chi connectivity index (χ4v) is 2.17. The lowest BCUT2D eigenvalue weighted by molar-refractivity contribution is -0.144. The lowest BCUT2D eigenvalue weighted by Crippen LogP contribution is -2.48. The first-order chi connectivity index (χ1) is 8.09. The van der Waals surface area contributed by atoms with Gasteiger partial charge in [0.15, 0.2) is 6.04 Å². The molecule has 2 N–H and O–H groups in total. The maximum Gasteiger partial charge on any atom is 0.327 e. The van der Waals surface area contributed by atoms with E-state index in [1.54, 1.807) is 6.33 Å². The molecule has 0 aromatic carbocycles. The van der Waals surface area contributed by atoms with Gasteiger partial charge in [0.1, 0.15) is 0 Å². The van der Waals surface area contributed by atoms with E-state index < -0.39 is 12.0 Å². The van der Waals surface area contributed by atoms with Crippen LogP contribution in [0.4, 0.5) is 0 Å². The number of aromatic amines is 1. The number of nitrogens with one attached hydrogen (secondary N) is 1. The summed E-state index contributed by atoms with van der Waals surface area (Å²) in [7, 11) is 2.05. The average Bonchev–Trinajstić information content (AvgIpc) is 2.68. The van der Waals surface area contributed by atoms with Gasteiger partial charge >= 0.3 is 5.97 Å². The van der Waals surface area contributed by atoms with Gasteiger partial charge in [-0.2, -0.15) is 0 Å². The normalized spacial score (nSPS) is 20.4. The van der Waals surface area contributed by atoms with Crippen molar-refractivity contribution in [3.63, 3.8) is 0 Å². The molecule has 1 aliphatic rings. The van der Waals surface area contributed by atoms with Crippen molar-refractivity contribution in [3.8, 4) is 0 Å². The Kier molecular flexibility index (Phi) is 3.44. The Morgan fingerprint density at radius 3 is 2.59 bits per heavy atom. The van der Waals surface area contributed by atoms with Crippen molar-refractivity contribution in [1.29, 1.82) is 0 Å². The number of nitrogens with zero attached hydrogens (tertiary/aromatic N) is 3. The molecule has 1 aliphatic heterocycles. The Labute approximate surface area is 100 Å². The first kappa shape index (κ1) is 12.1. The zero-order valence-corrected chi connectivity index (χ0v) is 10.2. The number of likely N-dealkylation sites (N-methyl/N-ethyl adjacent to an activating group) is 1. The second-order valence-corrected chi connectivity index (χ2v) is 4.49. The number of aromatic nitrogens is 2. The molecule has 0 spiro atoms. The van der Waals surface area contributed by atoms with E-state index in [9.17, 15) is 9.90 Å². The summed E-state index contributed by atoms with van der Waals surface area (Å²) in [6, 6.07) is -0.630. The van der Waals surface area contributed by atoms with Gasteiger partial charge in [-0.05, 0) is 14.0 Å². The van der Waals surface area contributed by atoms with E-state index in [1.807, 2.05) is 18.9 Å². The summed E-state index contributed by atoms with van der Waals surface area (Å²) < 4.78 is 0. The van der Waals surface area contributed by atoms with Crippen LogP contribution in [0, 0.1) is 6.92 Å². The second-order valence-electron chi connectivity index (χ2n) is 4.49. The van der Waals surface area contributed by atoms with Crippen molar-refractivity contribution < 1.29 is 9.90 Å². The number of piperazine rings is 1. The fraction of sp³-hybridized carbons (Fsp3) is 0.636. The molecule has 6 heteroatoms. The minimum Gasteiger partial charge on any atom is -0.480 e. The number of carboxylic acids is 1. The van der Waals surface area contributed by atoms with Gasteiger partial charge in [0.2, 0.25) is 0 Å². The van der Waals surface area contributed by atoms with E-state index >= 15 is 0 Å². The van der Waals surface area contributed by atoms with E-state index in [1.165, 1.54) is 0 Å².